The van der Waals surface area contributed by atoms with Crippen LogP contribution in [0.1, 0.15) is 79.7 Å². The summed E-state index contributed by atoms with van der Waals surface area (Å²) in [5.41, 5.74) is 4.43. The number of phenols is 2. The number of phenolic OH excluding ortho intramolecular Hbond substituents is 2. The largest absolute Gasteiger partial charge is 0.507 e. The Bertz CT molecular complexity index is 834. The van der Waals surface area contributed by atoms with Crippen molar-refractivity contribution in [1.82, 2.24) is 0 Å². The van der Waals surface area contributed by atoms with Crippen LogP contribution in [0.15, 0.2) is 24.3 Å². The zero-order valence-corrected chi connectivity index (χ0v) is 16.9. The van der Waals surface area contributed by atoms with Gasteiger partial charge in [-0.2, -0.15) is 0 Å². The molecule has 3 nitrogen and oxygen atoms in total. The van der Waals surface area contributed by atoms with Crippen LogP contribution in [-0.2, 0) is 17.3 Å². The average Bonchev–Trinajstić information content (AvgIpc) is 2.51. The molecule has 0 fully saturated rings. The van der Waals surface area contributed by atoms with Crippen LogP contribution in [-0.4, -0.2) is 16.5 Å². The first kappa shape index (κ1) is 20.0. The standard InChI is InChI=1S/C23H30O3/c1-14-8-18(22(2,3)4)10-15(20(14)25)9-16-11-19(23(5,6)7)12-17(13-24)21(16)26/h8,10-13,25-26H,9H2,1-7H3. The van der Waals surface area contributed by atoms with E-state index in [1.54, 1.807) is 6.07 Å². The first-order valence-corrected chi connectivity index (χ1v) is 8.99. The highest BCUT2D eigenvalue weighted by molar-refractivity contribution is 5.81. The van der Waals surface area contributed by atoms with E-state index in [-0.39, 0.29) is 27.9 Å². The normalized spacial score (nSPS) is 12.3. The van der Waals surface area contributed by atoms with Crippen molar-refractivity contribution >= 4 is 6.29 Å². The van der Waals surface area contributed by atoms with Gasteiger partial charge in [-0.25, -0.2) is 0 Å². The van der Waals surface area contributed by atoms with Crippen molar-refractivity contribution in [3.63, 3.8) is 0 Å². The van der Waals surface area contributed by atoms with E-state index in [4.69, 9.17) is 0 Å². The van der Waals surface area contributed by atoms with Gasteiger partial charge in [-0.3, -0.25) is 4.79 Å². The SMILES string of the molecule is Cc1cc(C(C)(C)C)cc(Cc2cc(C(C)(C)C)cc(C=O)c2O)c1O. The van der Waals surface area contributed by atoms with Gasteiger partial charge in [0.25, 0.3) is 0 Å². The van der Waals surface area contributed by atoms with Crippen LogP contribution in [0.4, 0.5) is 0 Å². The lowest BCUT2D eigenvalue weighted by molar-refractivity contribution is 0.112. The van der Waals surface area contributed by atoms with Gasteiger partial charge in [0.05, 0.1) is 5.56 Å². The van der Waals surface area contributed by atoms with Crippen LogP contribution in [0.5, 0.6) is 11.5 Å². The second-order valence-electron chi connectivity index (χ2n) is 9.17. The van der Waals surface area contributed by atoms with Crippen molar-refractivity contribution in [3.8, 4) is 11.5 Å². The number of aldehydes is 1. The van der Waals surface area contributed by atoms with Gasteiger partial charge in [-0.05, 0) is 51.6 Å². The van der Waals surface area contributed by atoms with Gasteiger partial charge in [0.2, 0.25) is 0 Å². The molecule has 0 aromatic heterocycles. The fourth-order valence-electron chi connectivity index (χ4n) is 3.00. The molecule has 3 heteroatoms. The van der Waals surface area contributed by atoms with Crippen LogP contribution in [0.3, 0.4) is 0 Å². The molecule has 0 aliphatic carbocycles. The van der Waals surface area contributed by atoms with Gasteiger partial charge in [-0.15, -0.1) is 0 Å². The number of aryl methyl sites for hydroxylation is 1. The highest BCUT2D eigenvalue weighted by Gasteiger charge is 2.21. The summed E-state index contributed by atoms with van der Waals surface area (Å²) in [4.78, 5) is 11.4. The van der Waals surface area contributed by atoms with E-state index in [2.05, 4.69) is 41.5 Å². The third-order valence-electron chi connectivity index (χ3n) is 4.84. The minimum Gasteiger partial charge on any atom is -0.507 e. The molecular weight excluding hydrogens is 324 g/mol. The Morgan fingerprint density at radius 2 is 1.27 bits per heavy atom. The van der Waals surface area contributed by atoms with E-state index < -0.39 is 0 Å². The average molecular weight is 354 g/mol. The van der Waals surface area contributed by atoms with Crippen LogP contribution >= 0.6 is 0 Å². The summed E-state index contributed by atoms with van der Waals surface area (Å²) >= 11 is 0. The Morgan fingerprint density at radius 3 is 1.73 bits per heavy atom. The third-order valence-corrected chi connectivity index (χ3v) is 4.84. The Hall–Kier alpha value is -2.29. The van der Waals surface area contributed by atoms with Crippen molar-refractivity contribution in [3.05, 3.63) is 57.6 Å². The number of carbonyl (C=O) groups excluding carboxylic acids is 1. The van der Waals surface area contributed by atoms with Crippen LogP contribution in [0.2, 0.25) is 0 Å². The first-order valence-electron chi connectivity index (χ1n) is 8.99. The quantitative estimate of drug-likeness (QED) is 0.725. The molecule has 0 amide bonds. The topological polar surface area (TPSA) is 57.5 Å². The van der Waals surface area contributed by atoms with E-state index in [1.165, 1.54) is 0 Å². The lowest BCUT2D eigenvalue weighted by Crippen LogP contribution is -2.13. The summed E-state index contributed by atoms with van der Waals surface area (Å²) in [5.74, 6) is 0.234. The summed E-state index contributed by atoms with van der Waals surface area (Å²) in [6, 6.07) is 7.66. The highest BCUT2D eigenvalue weighted by Crippen LogP contribution is 2.36. The van der Waals surface area contributed by atoms with Gasteiger partial charge in [0, 0.05) is 6.42 Å². The molecule has 0 spiro atoms. The lowest BCUT2D eigenvalue weighted by Gasteiger charge is -2.23. The number of rotatable bonds is 3. The van der Waals surface area contributed by atoms with Gasteiger partial charge in [-0.1, -0.05) is 59.7 Å². The van der Waals surface area contributed by atoms with E-state index in [0.29, 0.717) is 18.3 Å². The molecule has 0 atom stereocenters. The Kier molecular flexibility index (Phi) is 5.23. The van der Waals surface area contributed by atoms with E-state index >= 15 is 0 Å². The monoisotopic (exact) mass is 354 g/mol. The molecular formula is C23H30O3. The predicted octanol–water partition coefficient (Wildman–Crippen LogP) is 5.40. The number of benzene rings is 2. The zero-order chi connectivity index (χ0) is 19.9. The molecule has 0 heterocycles. The van der Waals surface area contributed by atoms with Crippen molar-refractivity contribution in [2.24, 2.45) is 0 Å². The summed E-state index contributed by atoms with van der Waals surface area (Å²) in [6.45, 7) is 14.5. The van der Waals surface area contributed by atoms with Crippen molar-refractivity contribution in [1.29, 1.82) is 0 Å². The van der Waals surface area contributed by atoms with E-state index in [0.717, 1.165) is 22.3 Å². The molecule has 2 aromatic rings. The van der Waals surface area contributed by atoms with Crippen LogP contribution < -0.4 is 0 Å². The van der Waals surface area contributed by atoms with Crippen molar-refractivity contribution in [2.75, 3.05) is 0 Å². The van der Waals surface area contributed by atoms with E-state index in [1.807, 2.05) is 25.1 Å². The predicted molar refractivity (Wildman–Crippen MR) is 107 cm³/mol. The number of hydrogen-bond acceptors (Lipinski definition) is 3. The molecule has 0 saturated carbocycles. The van der Waals surface area contributed by atoms with Gasteiger partial charge < -0.3 is 10.2 Å². The minimum atomic E-state index is -0.147. The molecule has 140 valence electrons. The maximum Gasteiger partial charge on any atom is 0.153 e. The molecule has 0 radical (unpaired) electrons. The number of hydrogen-bond donors (Lipinski definition) is 2. The highest BCUT2D eigenvalue weighted by atomic mass is 16.3. The van der Waals surface area contributed by atoms with Gasteiger partial charge in [0.1, 0.15) is 11.5 Å². The number of aromatic hydroxyl groups is 2. The van der Waals surface area contributed by atoms with Crippen LogP contribution in [0, 0.1) is 6.92 Å². The Balaban J connectivity index is 2.62. The molecule has 0 aliphatic heterocycles. The van der Waals surface area contributed by atoms with Crippen molar-refractivity contribution in [2.45, 2.75) is 65.7 Å². The molecule has 2 aromatic carbocycles. The van der Waals surface area contributed by atoms with Crippen molar-refractivity contribution < 1.29 is 15.0 Å². The summed E-state index contributed by atoms with van der Waals surface area (Å²) < 4.78 is 0. The van der Waals surface area contributed by atoms with Gasteiger partial charge >= 0.3 is 0 Å². The summed E-state index contributed by atoms with van der Waals surface area (Å²) in [6.07, 6.45) is 1.05. The first-order chi connectivity index (χ1) is 11.8. The third kappa shape index (κ3) is 4.09. The maximum atomic E-state index is 11.4. The lowest BCUT2D eigenvalue weighted by atomic mass is 9.82. The second kappa shape index (κ2) is 6.79. The molecule has 0 aliphatic rings. The summed E-state index contributed by atoms with van der Waals surface area (Å²) in [5, 5.41) is 21.1. The van der Waals surface area contributed by atoms with E-state index in [9.17, 15) is 15.0 Å². The fourth-order valence-corrected chi connectivity index (χ4v) is 3.00. The fraction of sp³-hybridized carbons (Fsp3) is 0.435. The summed E-state index contributed by atoms with van der Waals surface area (Å²) in [7, 11) is 0. The number of carbonyl (C=O) groups is 1. The molecule has 26 heavy (non-hydrogen) atoms. The zero-order valence-electron chi connectivity index (χ0n) is 16.9. The molecule has 0 bridgehead atoms. The minimum absolute atomic E-state index is 0.00813. The second-order valence-corrected chi connectivity index (χ2v) is 9.17. The Morgan fingerprint density at radius 1 is 0.808 bits per heavy atom. The molecule has 0 unspecified atom stereocenters. The Labute approximate surface area is 156 Å². The van der Waals surface area contributed by atoms with Crippen LogP contribution in [0.25, 0.3) is 0 Å². The molecule has 2 rings (SSSR count). The maximum absolute atomic E-state index is 11.4. The van der Waals surface area contributed by atoms with Gasteiger partial charge in [0.15, 0.2) is 6.29 Å². The molecule has 2 N–H and O–H groups in total. The smallest absolute Gasteiger partial charge is 0.153 e. The molecule has 0 saturated heterocycles.